The molecule has 39 heavy (non-hydrogen) atoms. The number of nitrogen functional groups attached to an aromatic ring is 1. The number of carboxylic acid groups (broad SMARTS) is 2. The number of amides is 2. The maximum absolute atomic E-state index is 12.5. The molecule has 0 spiro atoms. The molecule has 16 heteroatoms. The lowest BCUT2D eigenvalue weighted by atomic mass is 10.1. The van der Waals surface area contributed by atoms with Crippen molar-refractivity contribution in [1.29, 1.82) is 0 Å². The zero-order chi connectivity index (χ0) is 28.4. The van der Waals surface area contributed by atoms with Gasteiger partial charge in [-0.3, -0.25) is 19.4 Å². The van der Waals surface area contributed by atoms with Crippen LogP contribution >= 0.6 is 0 Å². The van der Waals surface area contributed by atoms with Gasteiger partial charge in [-0.05, 0) is 30.7 Å². The number of carbonyl (C=O) groups excluding carboxylic acids is 2. The van der Waals surface area contributed by atoms with Gasteiger partial charge in [0.1, 0.15) is 12.6 Å². The molecule has 0 saturated heterocycles. The zero-order valence-electron chi connectivity index (χ0n) is 20.5. The van der Waals surface area contributed by atoms with Gasteiger partial charge in [-0.15, -0.1) is 0 Å². The predicted octanol–water partition coefficient (Wildman–Crippen LogP) is -0.912. The number of benzene rings is 1. The SMILES string of the molecule is Nc1nc2ncc(CNc3ccc(C(=O)NC(CCC(=O)NCCOCC(=O)O)C(=O)O)cc3)nc2c(=O)[nH]1. The van der Waals surface area contributed by atoms with Gasteiger partial charge in [0.25, 0.3) is 11.5 Å². The Morgan fingerprint density at radius 1 is 1.10 bits per heavy atom. The number of rotatable bonds is 14. The summed E-state index contributed by atoms with van der Waals surface area (Å²) in [5.41, 5.74) is 6.44. The Balaban J connectivity index is 1.48. The highest BCUT2D eigenvalue weighted by molar-refractivity contribution is 5.97. The van der Waals surface area contributed by atoms with E-state index in [1.54, 1.807) is 12.1 Å². The number of aromatic nitrogens is 4. The molecule has 0 aliphatic heterocycles. The minimum absolute atomic E-state index is 0.00943. The standard InChI is InChI=1S/C23H26N8O8/c24-23-30-19-18(21(36)31-23)28-14(10-27-19)9-26-13-3-1-12(2-4-13)20(35)29-15(22(37)38)5-6-16(32)25-7-8-39-11-17(33)34/h1-4,10,15,26H,5-9,11H2,(H,25,32)(H,29,35)(H,33,34)(H,37,38)(H3,24,27,30,31,36). The minimum Gasteiger partial charge on any atom is -0.480 e. The lowest BCUT2D eigenvalue weighted by molar-refractivity contribution is -0.142. The van der Waals surface area contributed by atoms with Crippen LogP contribution in [0.1, 0.15) is 28.9 Å². The fourth-order valence-electron chi connectivity index (χ4n) is 3.27. The number of fused-ring (bicyclic) bond motifs is 1. The monoisotopic (exact) mass is 542 g/mol. The van der Waals surface area contributed by atoms with Gasteiger partial charge in [0.05, 0.1) is 25.0 Å². The highest BCUT2D eigenvalue weighted by Crippen LogP contribution is 2.12. The van der Waals surface area contributed by atoms with Crippen molar-refractivity contribution in [2.75, 3.05) is 30.8 Å². The molecular weight excluding hydrogens is 516 g/mol. The van der Waals surface area contributed by atoms with E-state index in [4.69, 9.17) is 15.6 Å². The normalized spacial score (nSPS) is 11.5. The molecule has 0 bridgehead atoms. The largest absolute Gasteiger partial charge is 0.480 e. The van der Waals surface area contributed by atoms with Crippen LogP contribution in [0.3, 0.4) is 0 Å². The first-order chi connectivity index (χ1) is 18.6. The molecule has 1 unspecified atom stereocenters. The molecular formula is C23H26N8O8. The van der Waals surface area contributed by atoms with E-state index in [1.165, 1.54) is 18.3 Å². The van der Waals surface area contributed by atoms with Crippen LogP contribution in [-0.4, -0.2) is 79.7 Å². The van der Waals surface area contributed by atoms with Crippen molar-refractivity contribution in [2.24, 2.45) is 0 Å². The summed E-state index contributed by atoms with van der Waals surface area (Å²) in [6.07, 6.45) is 1.12. The second-order valence-corrected chi connectivity index (χ2v) is 8.11. The Kier molecular flexibility index (Phi) is 9.80. The number of carboxylic acids is 2. The van der Waals surface area contributed by atoms with E-state index in [-0.39, 0.29) is 55.2 Å². The third-order valence-electron chi connectivity index (χ3n) is 5.16. The first kappa shape index (κ1) is 28.5. The van der Waals surface area contributed by atoms with E-state index in [2.05, 4.69) is 35.9 Å². The molecule has 8 N–H and O–H groups in total. The van der Waals surface area contributed by atoms with Gasteiger partial charge in [0, 0.05) is 24.2 Å². The van der Waals surface area contributed by atoms with E-state index in [0.717, 1.165) is 0 Å². The zero-order valence-corrected chi connectivity index (χ0v) is 20.5. The van der Waals surface area contributed by atoms with Crippen molar-refractivity contribution in [2.45, 2.75) is 25.4 Å². The quantitative estimate of drug-likeness (QED) is 0.122. The summed E-state index contributed by atoms with van der Waals surface area (Å²) < 4.78 is 4.79. The molecule has 1 atom stereocenters. The molecule has 0 fully saturated rings. The highest BCUT2D eigenvalue weighted by Gasteiger charge is 2.21. The molecule has 2 heterocycles. The molecule has 0 saturated carbocycles. The molecule has 2 aromatic heterocycles. The fraction of sp³-hybridized carbons (Fsp3) is 0.304. The van der Waals surface area contributed by atoms with Crippen LogP contribution in [-0.2, 0) is 25.7 Å². The average molecular weight is 543 g/mol. The van der Waals surface area contributed by atoms with Crippen LogP contribution in [0.15, 0.2) is 35.3 Å². The molecule has 2 amide bonds. The molecule has 0 aliphatic carbocycles. The number of anilines is 2. The Labute approximate surface area is 220 Å². The molecule has 0 radical (unpaired) electrons. The summed E-state index contributed by atoms with van der Waals surface area (Å²) in [5, 5.41) is 25.8. The topological polar surface area (TPSA) is 252 Å². The second-order valence-electron chi connectivity index (χ2n) is 8.11. The van der Waals surface area contributed by atoms with Gasteiger partial charge in [0.15, 0.2) is 11.2 Å². The number of nitrogens with two attached hydrogens (primary N) is 1. The number of carbonyl (C=O) groups is 4. The third kappa shape index (κ3) is 8.74. The number of aliphatic carboxylic acids is 2. The van der Waals surface area contributed by atoms with Crippen molar-refractivity contribution in [1.82, 2.24) is 30.6 Å². The molecule has 0 aliphatic rings. The summed E-state index contributed by atoms with van der Waals surface area (Å²) in [4.78, 5) is 72.9. The first-order valence-corrected chi connectivity index (χ1v) is 11.6. The van der Waals surface area contributed by atoms with Crippen molar-refractivity contribution < 1.29 is 34.1 Å². The molecule has 3 aromatic rings. The number of aromatic amines is 1. The Bertz CT molecular complexity index is 1410. The summed E-state index contributed by atoms with van der Waals surface area (Å²) in [6, 6.07) is 4.89. The van der Waals surface area contributed by atoms with Crippen molar-refractivity contribution >= 4 is 46.6 Å². The van der Waals surface area contributed by atoms with E-state index in [9.17, 15) is 29.1 Å². The van der Waals surface area contributed by atoms with Crippen molar-refractivity contribution in [3.05, 3.63) is 52.1 Å². The van der Waals surface area contributed by atoms with Gasteiger partial charge in [-0.2, -0.15) is 4.98 Å². The van der Waals surface area contributed by atoms with Crippen molar-refractivity contribution in [3.63, 3.8) is 0 Å². The molecule has 3 rings (SSSR count). The summed E-state index contributed by atoms with van der Waals surface area (Å²) in [7, 11) is 0. The summed E-state index contributed by atoms with van der Waals surface area (Å²) in [6.45, 7) is -0.220. The van der Waals surface area contributed by atoms with E-state index >= 15 is 0 Å². The van der Waals surface area contributed by atoms with E-state index in [0.29, 0.717) is 11.4 Å². The van der Waals surface area contributed by atoms with Crippen molar-refractivity contribution in [3.8, 4) is 0 Å². The van der Waals surface area contributed by atoms with Gasteiger partial charge >= 0.3 is 11.9 Å². The molecule has 16 nitrogen and oxygen atoms in total. The molecule has 206 valence electrons. The maximum atomic E-state index is 12.5. The van der Waals surface area contributed by atoms with E-state index in [1.807, 2.05) is 0 Å². The van der Waals surface area contributed by atoms with Crippen LogP contribution in [0.25, 0.3) is 11.2 Å². The van der Waals surface area contributed by atoms with Gasteiger partial charge in [-0.1, -0.05) is 0 Å². The Morgan fingerprint density at radius 2 is 1.85 bits per heavy atom. The summed E-state index contributed by atoms with van der Waals surface area (Å²) in [5.74, 6) is -3.60. The number of ether oxygens (including phenoxy) is 1. The smallest absolute Gasteiger partial charge is 0.329 e. The maximum Gasteiger partial charge on any atom is 0.329 e. The van der Waals surface area contributed by atoms with Gasteiger partial charge in [0.2, 0.25) is 11.9 Å². The molecule has 1 aromatic carbocycles. The van der Waals surface area contributed by atoms with Crippen LogP contribution in [0.5, 0.6) is 0 Å². The van der Waals surface area contributed by atoms with Crippen LogP contribution in [0, 0.1) is 0 Å². The number of hydrogen-bond acceptors (Lipinski definition) is 11. The lowest BCUT2D eigenvalue weighted by Gasteiger charge is -2.15. The van der Waals surface area contributed by atoms with Gasteiger partial charge in [-0.25, -0.2) is 19.6 Å². The second kappa shape index (κ2) is 13.4. The number of nitrogens with one attached hydrogen (secondary N) is 4. The van der Waals surface area contributed by atoms with Crippen LogP contribution in [0.2, 0.25) is 0 Å². The minimum atomic E-state index is -1.30. The summed E-state index contributed by atoms with van der Waals surface area (Å²) >= 11 is 0. The predicted molar refractivity (Wildman–Crippen MR) is 136 cm³/mol. The number of hydrogen-bond donors (Lipinski definition) is 7. The number of H-pyrrole nitrogens is 1. The lowest BCUT2D eigenvalue weighted by Crippen LogP contribution is -2.41. The van der Waals surface area contributed by atoms with Gasteiger partial charge < -0.3 is 36.6 Å². The van der Waals surface area contributed by atoms with E-state index < -0.39 is 42.0 Å². The fourth-order valence-corrected chi connectivity index (χ4v) is 3.27. The average Bonchev–Trinajstić information content (AvgIpc) is 2.89. The first-order valence-electron chi connectivity index (χ1n) is 11.6. The van der Waals surface area contributed by atoms with Crippen LogP contribution < -0.4 is 27.2 Å². The van der Waals surface area contributed by atoms with Crippen LogP contribution in [0.4, 0.5) is 11.6 Å². The number of nitrogens with zero attached hydrogens (tertiary/aromatic N) is 3. The highest BCUT2D eigenvalue weighted by atomic mass is 16.5. The third-order valence-corrected chi connectivity index (χ3v) is 5.16. The Morgan fingerprint density at radius 3 is 2.54 bits per heavy atom. The Hall–Kier alpha value is -5.12.